The molecule has 0 saturated heterocycles. The van der Waals surface area contributed by atoms with Crippen molar-refractivity contribution in [3.8, 4) is 0 Å². The Balaban J connectivity index is 2.90. The third kappa shape index (κ3) is 1.63. The molecule has 0 bridgehead atoms. The lowest BCUT2D eigenvalue weighted by molar-refractivity contribution is -0.113. The van der Waals surface area contributed by atoms with Gasteiger partial charge in [-0.15, -0.1) is 0 Å². The standard InChI is InChI=1S/C7H10N4O/c1-11-7(9)5(4-10-11)2-3-6(8)12/h2-4H,9H2,1H3,(H2,8,12). The molecule has 1 aromatic rings. The van der Waals surface area contributed by atoms with E-state index in [1.807, 2.05) is 0 Å². The van der Waals surface area contributed by atoms with Crippen molar-refractivity contribution in [3.05, 3.63) is 17.8 Å². The van der Waals surface area contributed by atoms with Crippen LogP contribution in [-0.2, 0) is 11.8 Å². The number of hydrogen-bond acceptors (Lipinski definition) is 3. The number of aromatic nitrogens is 2. The van der Waals surface area contributed by atoms with E-state index in [9.17, 15) is 4.79 Å². The maximum absolute atomic E-state index is 10.4. The van der Waals surface area contributed by atoms with Gasteiger partial charge < -0.3 is 11.5 Å². The lowest BCUT2D eigenvalue weighted by atomic mass is 10.3. The topological polar surface area (TPSA) is 86.9 Å². The fraction of sp³-hybridized carbons (Fsp3) is 0.143. The molecule has 1 aromatic heterocycles. The summed E-state index contributed by atoms with van der Waals surface area (Å²) >= 11 is 0. The monoisotopic (exact) mass is 166 g/mol. The second kappa shape index (κ2) is 3.08. The number of aryl methyl sites for hydroxylation is 1. The zero-order valence-corrected chi connectivity index (χ0v) is 6.69. The number of rotatable bonds is 2. The number of amides is 1. The van der Waals surface area contributed by atoms with Crippen LogP contribution in [0.25, 0.3) is 6.08 Å². The molecule has 0 radical (unpaired) electrons. The molecular formula is C7H10N4O. The van der Waals surface area contributed by atoms with E-state index in [1.165, 1.54) is 16.8 Å². The maximum atomic E-state index is 10.4. The number of anilines is 1. The van der Waals surface area contributed by atoms with Gasteiger partial charge in [-0.3, -0.25) is 9.48 Å². The fourth-order valence-corrected chi connectivity index (χ4v) is 0.764. The number of nitrogen functional groups attached to an aromatic ring is 1. The van der Waals surface area contributed by atoms with Crippen LogP contribution in [0.2, 0.25) is 0 Å². The Hall–Kier alpha value is -1.78. The summed E-state index contributed by atoms with van der Waals surface area (Å²) in [7, 11) is 1.72. The van der Waals surface area contributed by atoms with Crippen molar-refractivity contribution in [2.75, 3.05) is 5.73 Å². The van der Waals surface area contributed by atoms with E-state index >= 15 is 0 Å². The third-order valence-corrected chi connectivity index (χ3v) is 1.44. The first-order chi connectivity index (χ1) is 5.61. The Labute approximate surface area is 69.7 Å². The first-order valence-electron chi connectivity index (χ1n) is 3.36. The summed E-state index contributed by atoms with van der Waals surface area (Å²) in [5, 5.41) is 3.88. The fourth-order valence-electron chi connectivity index (χ4n) is 0.764. The van der Waals surface area contributed by atoms with E-state index in [-0.39, 0.29) is 0 Å². The van der Waals surface area contributed by atoms with Crippen LogP contribution in [-0.4, -0.2) is 15.7 Å². The summed E-state index contributed by atoms with van der Waals surface area (Å²) in [6.07, 6.45) is 4.34. The highest BCUT2D eigenvalue weighted by Crippen LogP contribution is 2.10. The van der Waals surface area contributed by atoms with Crippen LogP contribution >= 0.6 is 0 Å². The number of carbonyl (C=O) groups excluding carboxylic acids is 1. The minimum absolute atomic E-state index is 0.502. The largest absolute Gasteiger partial charge is 0.383 e. The van der Waals surface area contributed by atoms with Crippen molar-refractivity contribution in [2.24, 2.45) is 12.8 Å². The lowest BCUT2D eigenvalue weighted by Gasteiger charge is -1.92. The number of hydrogen-bond donors (Lipinski definition) is 2. The van der Waals surface area contributed by atoms with E-state index in [0.717, 1.165) is 0 Å². The van der Waals surface area contributed by atoms with E-state index in [2.05, 4.69) is 5.10 Å². The molecule has 0 aliphatic heterocycles. The minimum Gasteiger partial charge on any atom is -0.383 e. The van der Waals surface area contributed by atoms with Gasteiger partial charge in [0.2, 0.25) is 5.91 Å². The molecule has 5 nitrogen and oxygen atoms in total. The summed E-state index contributed by atoms with van der Waals surface area (Å²) in [6.45, 7) is 0. The zero-order chi connectivity index (χ0) is 9.14. The van der Waals surface area contributed by atoms with E-state index in [4.69, 9.17) is 11.5 Å². The second-order valence-electron chi connectivity index (χ2n) is 2.34. The maximum Gasteiger partial charge on any atom is 0.241 e. The van der Waals surface area contributed by atoms with Gasteiger partial charge in [0.05, 0.1) is 6.20 Å². The minimum atomic E-state index is -0.502. The molecule has 1 rings (SSSR count). The lowest BCUT2D eigenvalue weighted by Crippen LogP contribution is -2.05. The highest BCUT2D eigenvalue weighted by Gasteiger charge is 1.99. The second-order valence-corrected chi connectivity index (χ2v) is 2.34. The quantitative estimate of drug-likeness (QED) is 0.580. The average Bonchev–Trinajstić information content (AvgIpc) is 2.30. The SMILES string of the molecule is Cn1ncc(C=CC(N)=O)c1N. The number of nitrogens with two attached hydrogens (primary N) is 2. The molecule has 4 N–H and O–H groups in total. The Morgan fingerprint density at radius 2 is 2.42 bits per heavy atom. The van der Waals surface area contributed by atoms with Crippen molar-refractivity contribution < 1.29 is 4.79 Å². The van der Waals surface area contributed by atoms with Crippen LogP contribution in [0.5, 0.6) is 0 Å². The van der Waals surface area contributed by atoms with Crippen molar-refractivity contribution in [1.82, 2.24) is 9.78 Å². The first kappa shape index (κ1) is 8.32. The van der Waals surface area contributed by atoms with Gasteiger partial charge in [-0.1, -0.05) is 0 Å². The average molecular weight is 166 g/mol. The van der Waals surface area contributed by atoms with Gasteiger partial charge in [0, 0.05) is 18.7 Å². The van der Waals surface area contributed by atoms with Crippen LogP contribution in [0.3, 0.4) is 0 Å². The molecule has 12 heavy (non-hydrogen) atoms. The molecule has 0 aliphatic rings. The Morgan fingerprint density at radius 3 is 2.83 bits per heavy atom. The smallest absolute Gasteiger partial charge is 0.241 e. The van der Waals surface area contributed by atoms with E-state index in [0.29, 0.717) is 11.4 Å². The van der Waals surface area contributed by atoms with Crippen LogP contribution in [0.4, 0.5) is 5.82 Å². The van der Waals surface area contributed by atoms with Gasteiger partial charge in [-0.05, 0) is 6.08 Å². The summed E-state index contributed by atoms with van der Waals surface area (Å²) < 4.78 is 1.51. The zero-order valence-electron chi connectivity index (χ0n) is 6.69. The normalized spacial score (nSPS) is 10.8. The predicted octanol–water partition coefficient (Wildman–Crippen LogP) is -0.499. The highest BCUT2D eigenvalue weighted by atomic mass is 16.1. The molecule has 0 unspecified atom stereocenters. The molecule has 0 aliphatic carbocycles. The number of carbonyl (C=O) groups is 1. The summed E-state index contributed by atoms with van der Waals surface area (Å²) in [5.74, 6) is 0.00533. The Kier molecular flexibility index (Phi) is 2.14. The highest BCUT2D eigenvalue weighted by molar-refractivity contribution is 5.90. The third-order valence-electron chi connectivity index (χ3n) is 1.44. The van der Waals surface area contributed by atoms with Crippen molar-refractivity contribution in [3.63, 3.8) is 0 Å². The summed E-state index contributed by atoms with van der Waals surface area (Å²) in [5.41, 5.74) is 11.2. The molecule has 0 aromatic carbocycles. The van der Waals surface area contributed by atoms with Gasteiger partial charge in [-0.2, -0.15) is 5.10 Å². The van der Waals surface area contributed by atoms with Gasteiger partial charge in [0.25, 0.3) is 0 Å². The van der Waals surface area contributed by atoms with E-state index < -0.39 is 5.91 Å². The van der Waals surface area contributed by atoms with Gasteiger partial charge in [0.1, 0.15) is 5.82 Å². The molecule has 0 saturated carbocycles. The van der Waals surface area contributed by atoms with Crippen LogP contribution in [0, 0.1) is 0 Å². The molecule has 0 atom stereocenters. The Bertz CT molecular complexity index is 326. The van der Waals surface area contributed by atoms with Gasteiger partial charge in [-0.25, -0.2) is 0 Å². The summed E-state index contributed by atoms with van der Waals surface area (Å²) in [6, 6.07) is 0. The molecule has 0 spiro atoms. The molecule has 0 fully saturated rings. The predicted molar refractivity (Wildman–Crippen MR) is 45.8 cm³/mol. The summed E-state index contributed by atoms with van der Waals surface area (Å²) in [4.78, 5) is 10.4. The molecule has 5 heteroatoms. The molecule has 64 valence electrons. The van der Waals surface area contributed by atoms with Crippen LogP contribution in [0.1, 0.15) is 5.56 Å². The van der Waals surface area contributed by atoms with Gasteiger partial charge >= 0.3 is 0 Å². The number of primary amides is 1. The first-order valence-corrected chi connectivity index (χ1v) is 3.36. The van der Waals surface area contributed by atoms with E-state index in [1.54, 1.807) is 13.2 Å². The molecule has 1 amide bonds. The Morgan fingerprint density at radius 1 is 1.75 bits per heavy atom. The van der Waals surface area contributed by atoms with Crippen LogP contribution in [0.15, 0.2) is 12.3 Å². The molecular weight excluding hydrogens is 156 g/mol. The van der Waals surface area contributed by atoms with Crippen molar-refractivity contribution >= 4 is 17.8 Å². The molecule has 1 heterocycles. The number of nitrogens with zero attached hydrogens (tertiary/aromatic N) is 2. The van der Waals surface area contributed by atoms with Crippen molar-refractivity contribution in [1.29, 1.82) is 0 Å². The van der Waals surface area contributed by atoms with Gasteiger partial charge in [0.15, 0.2) is 0 Å². The van der Waals surface area contributed by atoms with Crippen LogP contribution < -0.4 is 11.5 Å². The van der Waals surface area contributed by atoms with Crippen molar-refractivity contribution in [2.45, 2.75) is 0 Å².